The van der Waals surface area contributed by atoms with Crippen molar-refractivity contribution >= 4 is 30.0 Å². The summed E-state index contributed by atoms with van der Waals surface area (Å²) in [6.45, 7) is 22.2. The number of aliphatic hydroxyl groups is 3. The molecule has 0 aromatic carbocycles. The first-order valence-corrected chi connectivity index (χ1v) is 21.5. The second kappa shape index (κ2) is 23.2. The molecule has 63 heavy (non-hydrogen) atoms. The van der Waals surface area contributed by atoms with E-state index in [-0.39, 0.29) is 25.2 Å². The molecular weight excluding hydrogens is 830 g/mol. The molecule has 3 aliphatic rings. The van der Waals surface area contributed by atoms with Gasteiger partial charge in [-0.3, -0.25) is 14.4 Å². The lowest BCUT2D eigenvalue weighted by Gasteiger charge is -2.49. The second-order valence-corrected chi connectivity index (χ2v) is 18.8. The normalized spacial score (nSPS) is 30.7. The van der Waals surface area contributed by atoms with E-state index < -0.39 is 133 Å². The first-order valence-electron chi connectivity index (χ1n) is 21.5. The van der Waals surface area contributed by atoms with Crippen molar-refractivity contribution in [2.24, 2.45) is 17.0 Å². The Kier molecular flexibility index (Phi) is 20.2. The Morgan fingerprint density at radius 3 is 1.92 bits per heavy atom. The van der Waals surface area contributed by atoms with Crippen molar-refractivity contribution in [1.82, 2.24) is 21.3 Å². The Hall–Kier alpha value is -4.15. The van der Waals surface area contributed by atoms with E-state index in [0.29, 0.717) is 0 Å². The number of hydrogen-bond donors (Lipinski definition) is 7. The van der Waals surface area contributed by atoms with Crippen LogP contribution in [0.15, 0.2) is 17.5 Å². The number of alkyl carbamates (subject to hydrolysis) is 2. The third-order valence-electron chi connectivity index (χ3n) is 9.77. The van der Waals surface area contributed by atoms with E-state index >= 15 is 0 Å². The molecule has 4 amide bonds. The molecule has 0 radical (unpaired) electrons. The third-order valence-corrected chi connectivity index (χ3v) is 9.77. The molecule has 362 valence electrons. The number of rotatable bonds is 14. The Labute approximate surface area is 370 Å². The summed E-state index contributed by atoms with van der Waals surface area (Å²) in [4.78, 5) is 77.6. The van der Waals surface area contributed by atoms with Gasteiger partial charge in [0.2, 0.25) is 12.2 Å². The number of carbonyl (C=O) groups excluding carboxylic acids is 5. The van der Waals surface area contributed by atoms with Gasteiger partial charge in [0.1, 0.15) is 47.3 Å². The minimum absolute atomic E-state index is 0.145. The number of nitrogens with one attached hydrogen (secondary N) is 4. The number of nitroso groups, excluding NO2 is 1. The zero-order valence-corrected chi connectivity index (χ0v) is 39.2. The maximum Gasteiger partial charge on any atom is 0.407 e. The quantitative estimate of drug-likeness (QED) is 0.0749. The number of nitrogens with zero attached hydrogens (tertiary/aromatic N) is 1. The van der Waals surface area contributed by atoms with E-state index in [1.165, 1.54) is 20.1 Å². The fourth-order valence-electron chi connectivity index (χ4n) is 7.17. The summed E-state index contributed by atoms with van der Waals surface area (Å²) in [5.41, 5.74) is -4.56. The van der Waals surface area contributed by atoms with Crippen LogP contribution in [0.3, 0.4) is 0 Å². The summed E-state index contributed by atoms with van der Waals surface area (Å²) in [5, 5.41) is 48.2. The fourth-order valence-corrected chi connectivity index (χ4v) is 7.17. The molecule has 2 fully saturated rings. The van der Waals surface area contributed by atoms with Gasteiger partial charge in [-0.05, 0) is 88.2 Å². The molecule has 3 rings (SSSR count). The lowest BCUT2D eigenvalue weighted by atomic mass is 9.73. The highest BCUT2D eigenvalue weighted by molar-refractivity contribution is 5.82. The molecule has 1 saturated heterocycles. The van der Waals surface area contributed by atoms with Gasteiger partial charge in [0.15, 0.2) is 6.29 Å². The Bertz CT molecular complexity index is 1570. The van der Waals surface area contributed by atoms with E-state index in [1.807, 2.05) is 13.8 Å². The van der Waals surface area contributed by atoms with E-state index in [4.69, 9.17) is 33.2 Å². The van der Waals surface area contributed by atoms with Crippen LogP contribution in [0.2, 0.25) is 0 Å². The largest absolute Gasteiger partial charge is 0.471 e. The number of amides is 4. The highest BCUT2D eigenvalue weighted by atomic mass is 16.7. The van der Waals surface area contributed by atoms with Crippen LogP contribution in [0.4, 0.5) is 9.59 Å². The van der Waals surface area contributed by atoms with Crippen LogP contribution in [0.25, 0.3) is 0 Å². The molecular formula is C42H73N5O16. The number of carbonyl (C=O) groups is 5. The van der Waals surface area contributed by atoms with Gasteiger partial charge in [-0.15, -0.1) is 0 Å². The molecule has 13 atom stereocenters. The summed E-state index contributed by atoms with van der Waals surface area (Å²) < 4.78 is 40.5. The lowest BCUT2D eigenvalue weighted by molar-refractivity contribution is -0.290. The maximum absolute atomic E-state index is 13.6. The number of ether oxygens (including phenoxy) is 7. The van der Waals surface area contributed by atoms with Gasteiger partial charge in [0.25, 0.3) is 5.91 Å². The Morgan fingerprint density at radius 1 is 0.841 bits per heavy atom. The minimum Gasteiger partial charge on any atom is -0.471 e. The van der Waals surface area contributed by atoms with Crippen molar-refractivity contribution in [3.63, 3.8) is 0 Å². The molecule has 7 N–H and O–H groups in total. The molecule has 0 bridgehead atoms. The zero-order valence-electron chi connectivity index (χ0n) is 39.2. The highest BCUT2D eigenvalue weighted by Gasteiger charge is 2.56. The van der Waals surface area contributed by atoms with Crippen molar-refractivity contribution in [2.45, 2.75) is 200 Å². The smallest absolute Gasteiger partial charge is 0.407 e. The van der Waals surface area contributed by atoms with Crippen LogP contribution in [0.1, 0.15) is 116 Å². The van der Waals surface area contributed by atoms with E-state index in [1.54, 1.807) is 75.3 Å². The van der Waals surface area contributed by atoms with Crippen LogP contribution < -0.4 is 21.3 Å². The molecule has 2 aliphatic heterocycles. The summed E-state index contributed by atoms with van der Waals surface area (Å²) in [7, 11) is 0. The lowest BCUT2D eigenvalue weighted by Crippen LogP contribution is -2.69. The van der Waals surface area contributed by atoms with Crippen LogP contribution in [0.5, 0.6) is 0 Å². The average Bonchev–Trinajstić information content (AvgIpc) is 3.15. The van der Waals surface area contributed by atoms with Crippen molar-refractivity contribution in [2.75, 3.05) is 13.2 Å². The number of hydrogen-bond acceptors (Lipinski definition) is 17. The van der Waals surface area contributed by atoms with Crippen molar-refractivity contribution < 1.29 is 72.5 Å². The standard InChI is InChI=1S/C40H67N5O16.C2H6/c1-13-25(47)42-21-15-14-16-55-33(21)57-30-23(44-36(52)61-39(9,10)11)17-22(43-31(49)24(46)18-41-35(51)60-38(6,7)8)29(28(30)48)58-34-27(45-54)26(40(12,53)19-56-34)20(2)32(50)59-37(3,4)5;1-2/h14,16,20-24,26-30,33-34,46,48,53H,13,15,17-19H2,1-12H3,(H,41,51)(H,42,47)(H,43,49)(H,44,52);1-2H3/t20?,21-,22-,23?,24+,26-,27?,28-,29+,30-,33-,34?,40+;/m1./s1. The first-order chi connectivity index (χ1) is 29.1. The molecule has 0 aromatic heterocycles. The molecule has 1 aliphatic carbocycles. The van der Waals surface area contributed by atoms with Gasteiger partial charge >= 0.3 is 18.2 Å². The fraction of sp³-hybridized carbons (Fsp3) is 0.833. The van der Waals surface area contributed by atoms with E-state index in [0.717, 1.165) is 0 Å². The maximum atomic E-state index is 13.6. The average molecular weight is 904 g/mol. The number of esters is 1. The van der Waals surface area contributed by atoms with Crippen molar-refractivity contribution in [3.05, 3.63) is 17.2 Å². The highest BCUT2D eigenvalue weighted by Crippen LogP contribution is 2.40. The predicted octanol–water partition coefficient (Wildman–Crippen LogP) is 2.80. The minimum atomic E-state index is -1.87. The molecule has 0 spiro atoms. The third kappa shape index (κ3) is 17.1. The molecule has 0 aromatic rings. The van der Waals surface area contributed by atoms with Crippen molar-refractivity contribution in [1.29, 1.82) is 0 Å². The van der Waals surface area contributed by atoms with E-state index in [9.17, 15) is 44.2 Å². The van der Waals surface area contributed by atoms with Gasteiger partial charge in [-0.1, -0.05) is 32.9 Å². The zero-order chi connectivity index (χ0) is 48.2. The van der Waals surface area contributed by atoms with Gasteiger partial charge in [0, 0.05) is 12.3 Å². The van der Waals surface area contributed by atoms with Crippen molar-refractivity contribution in [3.8, 4) is 0 Å². The summed E-state index contributed by atoms with van der Waals surface area (Å²) in [5.74, 6) is -4.47. The summed E-state index contributed by atoms with van der Waals surface area (Å²) in [6.07, 6.45) is -8.34. The Balaban J connectivity index is 0.00000672. The second-order valence-electron chi connectivity index (χ2n) is 18.8. The first kappa shape index (κ1) is 55.0. The van der Waals surface area contributed by atoms with Gasteiger partial charge in [-0.25, -0.2) is 9.59 Å². The topological polar surface area (TPSA) is 288 Å². The number of aliphatic hydroxyl groups excluding tert-OH is 2. The van der Waals surface area contributed by atoms with Gasteiger partial charge in [0.05, 0.1) is 49.1 Å². The van der Waals surface area contributed by atoms with Gasteiger partial charge < -0.3 is 69.7 Å². The van der Waals surface area contributed by atoms with Crippen LogP contribution >= 0.6 is 0 Å². The molecule has 21 nitrogen and oxygen atoms in total. The monoisotopic (exact) mass is 904 g/mol. The van der Waals surface area contributed by atoms with Crippen LogP contribution in [0, 0.1) is 16.7 Å². The molecule has 4 unspecified atom stereocenters. The predicted molar refractivity (Wildman–Crippen MR) is 226 cm³/mol. The summed E-state index contributed by atoms with van der Waals surface area (Å²) in [6, 6.07) is -4.88. The molecule has 1 saturated carbocycles. The molecule has 21 heteroatoms. The SMILES string of the molecule is CC.CCC(=O)N[C@@H]1CC=CO[C@@H]1O[C@@H]1C(NC(=O)OC(C)(C)C)C[C@@H](NC(=O)[C@@H](O)CNC(=O)OC(C)(C)C)[C@H](OC2OC[C@](C)(O)[C@H](C(C)C(=O)OC(C)(C)C)C2N=O)[C@H]1O. The van der Waals surface area contributed by atoms with Gasteiger partial charge in [-0.2, -0.15) is 4.91 Å². The van der Waals surface area contributed by atoms with Crippen LogP contribution in [-0.4, -0.2) is 142 Å². The Morgan fingerprint density at radius 2 is 1.38 bits per heavy atom. The van der Waals surface area contributed by atoms with E-state index in [2.05, 4.69) is 26.4 Å². The molecule has 2 heterocycles. The summed E-state index contributed by atoms with van der Waals surface area (Å²) >= 11 is 0. The van der Waals surface area contributed by atoms with Crippen LogP contribution in [-0.2, 0) is 47.5 Å².